The number of rotatable bonds is 3. The summed E-state index contributed by atoms with van der Waals surface area (Å²) in [6.45, 7) is 4.50. The summed E-state index contributed by atoms with van der Waals surface area (Å²) in [5.74, 6) is 0. The molecule has 5 nitrogen and oxygen atoms in total. The Bertz CT molecular complexity index is 973. The van der Waals surface area contributed by atoms with E-state index in [-0.39, 0.29) is 0 Å². The van der Waals surface area contributed by atoms with Crippen molar-refractivity contribution >= 4 is 32.6 Å². The van der Waals surface area contributed by atoms with Crippen LogP contribution in [0.3, 0.4) is 0 Å². The van der Waals surface area contributed by atoms with Gasteiger partial charge in [-0.15, -0.1) is 11.3 Å². The SMILES string of the molecule is CCOc1ncc2c(-c3ccc4nc(C)sc4c3)c[nH]c2n1. The molecule has 0 aliphatic heterocycles. The summed E-state index contributed by atoms with van der Waals surface area (Å²) in [6, 6.07) is 6.71. The molecule has 0 radical (unpaired) electrons. The van der Waals surface area contributed by atoms with E-state index in [1.54, 1.807) is 17.5 Å². The van der Waals surface area contributed by atoms with E-state index < -0.39 is 0 Å². The van der Waals surface area contributed by atoms with E-state index in [4.69, 9.17) is 4.74 Å². The maximum Gasteiger partial charge on any atom is 0.318 e. The van der Waals surface area contributed by atoms with Gasteiger partial charge in [-0.25, -0.2) is 9.97 Å². The topological polar surface area (TPSA) is 63.7 Å². The van der Waals surface area contributed by atoms with Crippen LogP contribution in [0.4, 0.5) is 0 Å². The molecule has 0 atom stereocenters. The zero-order valence-corrected chi connectivity index (χ0v) is 13.1. The van der Waals surface area contributed by atoms with Gasteiger partial charge in [-0.2, -0.15) is 4.98 Å². The molecule has 0 amide bonds. The minimum Gasteiger partial charge on any atom is -0.464 e. The Balaban J connectivity index is 1.84. The van der Waals surface area contributed by atoms with Gasteiger partial charge in [0, 0.05) is 23.3 Å². The Kier molecular flexibility index (Phi) is 3.04. The number of aromatic nitrogens is 4. The molecule has 0 saturated heterocycles. The smallest absolute Gasteiger partial charge is 0.318 e. The maximum absolute atomic E-state index is 5.34. The van der Waals surface area contributed by atoms with E-state index in [1.165, 1.54) is 4.70 Å². The van der Waals surface area contributed by atoms with Crippen molar-refractivity contribution in [3.63, 3.8) is 0 Å². The van der Waals surface area contributed by atoms with Crippen LogP contribution in [0.1, 0.15) is 11.9 Å². The number of thiazole rings is 1. The van der Waals surface area contributed by atoms with Crippen LogP contribution in [0.5, 0.6) is 6.01 Å². The molecular formula is C16H14N4OS. The van der Waals surface area contributed by atoms with Crippen molar-refractivity contribution in [1.82, 2.24) is 19.9 Å². The molecule has 0 unspecified atom stereocenters. The van der Waals surface area contributed by atoms with Crippen LogP contribution in [-0.4, -0.2) is 26.5 Å². The second-order valence-electron chi connectivity index (χ2n) is 4.97. The molecule has 0 saturated carbocycles. The van der Waals surface area contributed by atoms with Gasteiger partial charge in [-0.05, 0) is 31.5 Å². The molecule has 1 N–H and O–H groups in total. The number of aryl methyl sites for hydroxylation is 1. The van der Waals surface area contributed by atoms with Gasteiger partial charge >= 0.3 is 6.01 Å². The largest absolute Gasteiger partial charge is 0.464 e. The third-order valence-corrected chi connectivity index (χ3v) is 4.42. The average molecular weight is 310 g/mol. The van der Waals surface area contributed by atoms with Gasteiger partial charge in [0.25, 0.3) is 0 Å². The van der Waals surface area contributed by atoms with Crippen LogP contribution < -0.4 is 4.74 Å². The predicted octanol–water partition coefficient (Wildman–Crippen LogP) is 3.94. The van der Waals surface area contributed by atoms with Gasteiger partial charge in [0.1, 0.15) is 5.65 Å². The lowest BCUT2D eigenvalue weighted by atomic mass is 10.1. The zero-order valence-electron chi connectivity index (χ0n) is 12.3. The monoisotopic (exact) mass is 310 g/mol. The first kappa shape index (κ1) is 13.2. The lowest BCUT2D eigenvalue weighted by Crippen LogP contribution is -1.96. The van der Waals surface area contributed by atoms with Gasteiger partial charge < -0.3 is 9.72 Å². The molecular weight excluding hydrogens is 296 g/mol. The lowest BCUT2D eigenvalue weighted by Gasteiger charge is -2.01. The molecule has 0 aliphatic rings. The summed E-state index contributed by atoms with van der Waals surface area (Å²) < 4.78 is 6.53. The molecule has 0 bridgehead atoms. The van der Waals surface area contributed by atoms with Crippen molar-refractivity contribution in [2.45, 2.75) is 13.8 Å². The molecule has 0 spiro atoms. The van der Waals surface area contributed by atoms with Crippen molar-refractivity contribution in [2.75, 3.05) is 6.61 Å². The molecule has 0 aliphatic carbocycles. The summed E-state index contributed by atoms with van der Waals surface area (Å²) in [5, 5.41) is 2.07. The number of H-pyrrole nitrogens is 1. The third-order valence-electron chi connectivity index (χ3n) is 3.49. The van der Waals surface area contributed by atoms with E-state index in [0.717, 1.165) is 32.7 Å². The van der Waals surface area contributed by atoms with Crippen LogP contribution in [0, 0.1) is 6.92 Å². The van der Waals surface area contributed by atoms with Gasteiger partial charge in [0.05, 0.1) is 21.8 Å². The first-order chi connectivity index (χ1) is 10.7. The molecule has 110 valence electrons. The molecule has 0 fully saturated rings. The van der Waals surface area contributed by atoms with Gasteiger partial charge in [0.2, 0.25) is 0 Å². The van der Waals surface area contributed by atoms with E-state index in [1.807, 2.05) is 20.0 Å². The normalized spacial score (nSPS) is 11.4. The second kappa shape index (κ2) is 5.06. The Hall–Kier alpha value is -2.47. The van der Waals surface area contributed by atoms with Crippen molar-refractivity contribution in [2.24, 2.45) is 0 Å². The molecule has 6 heteroatoms. The van der Waals surface area contributed by atoms with Crippen molar-refractivity contribution in [3.8, 4) is 17.1 Å². The highest BCUT2D eigenvalue weighted by molar-refractivity contribution is 7.18. The van der Waals surface area contributed by atoms with Crippen molar-refractivity contribution in [3.05, 3.63) is 35.6 Å². The number of hydrogen-bond donors (Lipinski definition) is 1. The fraction of sp³-hybridized carbons (Fsp3) is 0.188. The third kappa shape index (κ3) is 2.12. The Morgan fingerprint density at radius 2 is 2.18 bits per heavy atom. The summed E-state index contributed by atoms with van der Waals surface area (Å²) >= 11 is 1.71. The number of nitrogens with one attached hydrogen (secondary N) is 1. The Morgan fingerprint density at radius 3 is 3.05 bits per heavy atom. The zero-order chi connectivity index (χ0) is 15.1. The van der Waals surface area contributed by atoms with Crippen molar-refractivity contribution < 1.29 is 4.74 Å². The van der Waals surface area contributed by atoms with Crippen LogP contribution in [0.25, 0.3) is 32.4 Å². The van der Waals surface area contributed by atoms with Crippen molar-refractivity contribution in [1.29, 1.82) is 0 Å². The molecule has 22 heavy (non-hydrogen) atoms. The lowest BCUT2D eigenvalue weighted by molar-refractivity contribution is 0.314. The highest BCUT2D eigenvalue weighted by atomic mass is 32.1. The van der Waals surface area contributed by atoms with Gasteiger partial charge in [0.15, 0.2) is 0 Å². The number of fused-ring (bicyclic) bond motifs is 2. The average Bonchev–Trinajstić information content (AvgIpc) is 3.08. The van der Waals surface area contributed by atoms with E-state index in [0.29, 0.717) is 12.6 Å². The van der Waals surface area contributed by atoms with Crippen LogP contribution >= 0.6 is 11.3 Å². The van der Waals surface area contributed by atoms with Gasteiger partial charge in [-0.1, -0.05) is 6.07 Å². The second-order valence-corrected chi connectivity index (χ2v) is 6.20. The first-order valence-corrected chi connectivity index (χ1v) is 7.90. The molecule has 4 aromatic rings. The molecule has 4 rings (SSSR count). The van der Waals surface area contributed by atoms with Crippen LogP contribution in [0.15, 0.2) is 30.6 Å². The number of benzene rings is 1. The minimum atomic E-state index is 0.400. The van der Waals surface area contributed by atoms with E-state index in [2.05, 4.69) is 38.1 Å². The summed E-state index contributed by atoms with van der Waals surface area (Å²) in [6.07, 6.45) is 3.77. The Morgan fingerprint density at radius 1 is 1.27 bits per heavy atom. The molecule has 3 aromatic heterocycles. The van der Waals surface area contributed by atoms with E-state index in [9.17, 15) is 0 Å². The highest BCUT2D eigenvalue weighted by Gasteiger charge is 2.11. The number of ether oxygens (including phenoxy) is 1. The fourth-order valence-corrected chi connectivity index (χ4v) is 3.40. The standard InChI is InChI=1S/C16H14N4OS/c1-3-21-16-18-8-12-11(7-17-15(12)20-16)10-4-5-13-14(6-10)22-9(2)19-13/h4-8H,3H2,1-2H3,(H,17,18,20). The summed E-state index contributed by atoms with van der Waals surface area (Å²) in [7, 11) is 0. The Labute approximate surface area is 131 Å². The quantitative estimate of drug-likeness (QED) is 0.622. The minimum absolute atomic E-state index is 0.400. The first-order valence-electron chi connectivity index (χ1n) is 7.09. The number of hydrogen-bond acceptors (Lipinski definition) is 5. The van der Waals surface area contributed by atoms with Crippen LogP contribution in [-0.2, 0) is 0 Å². The molecule has 3 heterocycles. The number of nitrogens with zero attached hydrogens (tertiary/aromatic N) is 3. The van der Waals surface area contributed by atoms with Gasteiger partial charge in [-0.3, -0.25) is 0 Å². The number of aromatic amines is 1. The van der Waals surface area contributed by atoms with E-state index >= 15 is 0 Å². The molecule has 1 aromatic carbocycles. The fourth-order valence-electron chi connectivity index (χ4n) is 2.54. The maximum atomic E-state index is 5.34. The summed E-state index contributed by atoms with van der Waals surface area (Å²) in [5.41, 5.74) is 4.05. The van der Waals surface area contributed by atoms with Crippen LogP contribution in [0.2, 0.25) is 0 Å². The predicted molar refractivity (Wildman–Crippen MR) is 88.4 cm³/mol. The summed E-state index contributed by atoms with van der Waals surface area (Å²) in [4.78, 5) is 16.3. The highest BCUT2D eigenvalue weighted by Crippen LogP contribution is 2.32.